The van der Waals surface area contributed by atoms with Crippen molar-refractivity contribution in [2.45, 2.75) is 50.5 Å². The van der Waals surface area contributed by atoms with E-state index in [9.17, 15) is 17.1 Å². The smallest absolute Gasteiger partial charge is 0.407 e. The van der Waals surface area contributed by atoms with Gasteiger partial charge in [0.15, 0.2) is 0 Å². The van der Waals surface area contributed by atoms with Gasteiger partial charge < -0.3 is 10.1 Å². The lowest BCUT2D eigenvalue weighted by Crippen LogP contribution is -2.53. The highest BCUT2D eigenvalue weighted by atomic mass is 32.3. The first-order valence-electron chi connectivity index (χ1n) is 5.02. The maximum atomic E-state index is 12.7. The number of hydrogen-bond donors (Lipinski definition) is 1. The number of carbonyl (C=O) groups excluding carboxylic acids is 1. The fourth-order valence-electron chi connectivity index (χ4n) is 1.43. The van der Waals surface area contributed by atoms with Crippen LogP contribution in [0.2, 0.25) is 0 Å². The molecule has 1 saturated carbocycles. The third-order valence-electron chi connectivity index (χ3n) is 2.27. The maximum absolute atomic E-state index is 12.7. The second-order valence-electron chi connectivity index (χ2n) is 4.84. The van der Waals surface area contributed by atoms with Gasteiger partial charge in [-0.2, -0.15) is 8.42 Å². The third-order valence-corrected chi connectivity index (χ3v) is 3.56. The number of nitrogens with one attached hydrogen (secondary N) is 1. The van der Waals surface area contributed by atoms with Crippen LogP contribution in [0.3, 0.4) is 0 Å². The second-order valence-corrected chi connectivity index (χ2v) is 6.40. The quantitative estimate of drug-likeness (QED) is 0.754. The molecule has 1 rings (SSSR count). The molecule has 0 aromatic rings. The van der Waals surface area contributed by atoms with Gasteiger partial charge in [-0.3, -0.25) is 0 Å². The van der Waals surface area contributed by atoms with E-state index < -0.39 is 33.2 Å². The van der Waals surface area contributed by atoms with Crippen molar-refractivity contribution < 1.29 is 21.8 Å². The number of rotatable bonds is 2. The molecule has 1 aliphatic carbocycles. The second kappa shape index (κ2) is 4.20. The van der Waals surface area contributed by atoms with Crippen molar-refractivity contribution in [3.63, 3.8) is 0 Å². The molecule has 0 spiro atoms. The van der Waals surface area contributed by atoms with E-state index in [4.69, 9.17) is 4.74 Å². The van der Waals surface area contributed by atoms with E-state index in [1.807, 2.05) is 0 Å². The van der Waals surface area contributed by atoms with E-state index in [1.54, 1.807) is 20.8 Å². The van der Waals surface area contributed by atoms with E-state index in [-0.39, 0.29) is 6.42 Å². The number of ether oxygens (including phenoxy) is 1. The fraction of sp³-hybridized carbons (Fsp3) is 0.889. The lowest BCUT2D eigenvalue weighted by atomic mass is 9.92. The molecular weight excluding hydrogens is 237 g/mol. The lowest BCUT2D eigenvalue weighted by molar-refractivity contribution is 0.0481. The molecule has 1 fully saturated rings. The Labute approximate surface area is 94.6 Å². The molecule has 1 N–H and O–H groups in total. The summed E-state index contributed by atoms with van der Waals surface area (Å²) in [4.78, 5) is 11.3. The summed E-state index contributed by atoms with van der Waals surface area (Å²) in [5, 5.41) is 1.22. The van der Waals surface area contributed by atoms with E-state index in [0.717, 1.165) is 0 Å². The molecule has 2 atom stereocenters. The molecule has 0 radical (unpaired) electrons. The molecule has 0 bridgehead atoms. The SMILES string of the molecule is CC(C)(C)OC(=O)N[C@@H]1CC[C@H]1S(=O)(=O)F. The van der Waals surface area contributed by atoms with Gasteiger partial charge in [0, 0.05) is 0 Å². The van der Waals surface area contributed by atoms with Crippen molar-refractivity contribution >= 4 is 16.3 Å². The van der Waals surface area contributed by atoms with Gasteiger partial charge >= 0.3 is 16.3 Å². The van der Waals surface area contributed by atoms with Gasteiger partial charge in [-0.1, -0.05) is 0 Å². The highest BCUT2D eigenvalue weighted by molar-refractivity contribution is 7.87. The van der Waals surface area contributed by atoms with Crippen LogP contribution in [-0.4, -0.2) is 31.4 Å². The molecule has 0 aromatic heterocycles. The van der Waals surface area contributed by atoms with Crippen LogP contribution in [0.4, 0.5) is 8.68 Å². The zero-order valence-corrected chi connectivity index (χ0v) is 10.3. The Morgan fingerprint density at radius 1 is 1.38 bits per heavy atom. The third kappa shape index (κ3) is 3.62. The summed E-state index contributed by atoms with van der Waals surface area (Å²) in [6.45, 7) is 5.07. The Morgan fingerprint density at radius 3 is 2.25 bits per heavy atom. The standard InChI is InChI=1S/C9H16FNO4S/c1-9(2,3)15-8(12)11-6-4-5-7(6)16(10,13)14/h6-7H,4-5H2,1-3H3,(H,11,12)/t6-,7-/m1/s1. The minimum Gasteiger partial charge on any atom is -0.444 e. The van der Waals surface area contributed by atoms with Gasteiger partial charge in [-0.25, -0.2) is 4.79 Å². The van der Waals surface area contributed by atoms with Gasteiger partial charge in [0.2, 0.25) is 0 Å². The Bertz CT molecular complexity index is 373. The molecule has 0 heterocycles. The van der Waals surface area contributed by atoms with E-state index >= 15 is 0 Å². The molecule has 5 nitrogen and oxygen atoms in total. The number of carbonyl (C=O) groups is 1. The molecular formula is C9H16FNO4S. The van der Waals surface area contributed by atoms with Crippen molar-refractivity contribution in [2.24, 2.45) is 0 Å². The van der Waals surface area contributed by atoms with Crippen molar-refractivity contribution in [1.29, 1.82) is 0 Å². The van der Waals surface area contributed by atoms with Gasteiger partial charge in [-0.05, 0) is 33.6 Å². The van der Waals surface area contributed by atoms with Crippen molar-refractivity contribution in [2.75, 3.05) is 0 Å². The highest BCUT2D eigenvalue weighted by Crippen LogP contribution is 2.28. The van der Waals surface area contributed by atoms with Crippen LogP contribution in [0.1, 0.15) is 33.6 Å². The molecule has 0 unspecified atom stereocenters. The lowest BCUT2D eigenvalue weighted by Gasteiger charge is -2.34. The van der Waals surface area contributed by atoms with Gasteiger partial charge in [0.25, 0.3) is 0 Å². The summed E-state index contributed by atoms with van der Waals surface area (Å²) < 4.78 is 38.9. The monoisotopic (exact) mass is 253 g/mol. The number of alkyl carbamates (subject to hydrolysis) is 1. The highest BCUT2D eigenvalue weighted by Gasteiger charge is 2.42. The molecule has 0 aliphatic heterocycles. The number of halogens is 1. The number of amides is 1. The summed E-state index contributed by atoms with van der Waals surface area (Å²) in [5.41, 5.74) is -0.655. The van der Waals surface area contributed by atoms with E-state index in [2.05, 4.69) is 5.32 Å². The minimum atomic E-state index is -4.57. The van der Waals surface area contributed by atoms with Crippen LogP contribution in [-0.2, 0) is 15.0 Å². The van der Waals surface area contributed by atoms with Crippen LogP contribution >= 0.6 is 0 Å². The predicted octanol–water partition coefficient (Wildman–Crippen LogP) is 1.34. The molecule has 94 valence electrons. The molecule has 7 heteroatoms. The summed E-state index contributed by atoms with van der Waals surface area (Å²) in [7, 11) is -4.57. The molecule has 0 saturated heterocycles. The first-order valence-corrected chi connectivity index (χ1v) is 6.47. The fourth-order valence-corrected chi connectivity index (χ4v) is 2.44. The van der Waals surface area contributed by atoms with Crippen molar-refractivity contribution in [3.8, 4) is 0 Å². The van der Waals surface area contributed by atoms with Crippen LogP contribution in [0.25, 0.3) is 0 Å². The summed E-state index contributed by atoms with van der Waals surface area (Å²) in [6.07, 6.45) is -0.0299. The molecule has 1 amide bonds. The van der Waals surface area contributed by atoms with Crippen LogP contribution in [0.15, 0.2) is 0 Å². The first kappa shape index (κ1) is 13.2. The van der Waals surface area contributed by atoms with Crippen molar-refractivity contribution in [1.82, 2.24) is 5.32 Å². The summed E-state index contributed by atoms with van der Waals surface area (Å²) >= 11 is 0. The minimum absolute atomic E-state index is 0.235. The van der Waals surface area contributed by atoms with Crippen molar-refractivity contribution in [3.05, 3.63) is 0 Å². The van der Waals surface area contributed by atoms with Crippen LogP contribution in [0.5, 0.6) is 0 Å². The number of hydrogen-bond acceptors (Lipinski definition) is 4. The van der Waals surface area contributed by atoms with Crippen LogP contribution in [0, 0.1) is 0 Å². The average Bonchev–Trinajstić information content (AvgIpc) is 1.90. The Balaban J connectivity index is 2.48. The Hall–Kier alpha value is -0.850. The molecule has 0 aromatic carbocycles. The maximum Gasteiger partial charge on any atom is 0.407 e. The first-order chi connectivity index (χ1) is 7.09. The largest absolute Gasteiger partial charge is 0.444 e. The average molecular weight is 253 g/mol. The van der Waals surface area contributed by atoms with Crippen LogP contribution < -0.4 is 5.32 Å². The van der Waals surface area contributed by atoms with Gasteiger partial charge in [0.05, 0.1) is 6.04 Å². The topological polar surface area (TPSA) is 72.5 Å². The predicted molar refractivity (Wildman–Crippen MR) is 56.2 cm³/mol. The summed E-state index contributed by atoms with van der Waals surface area (Å²) in [5.74, 6) is 0. The zero-order chi connectivity index (χ0) is 12.6. The van der Waals surface area contributed by atoms with E-state index in [0.29, 0.717) is 6.42 Å². The molecule has 1 aliphatic rings. The van der Waals surface area contributed by atoms with Gasteiger partial charge in [-0.15, -0.1) is 3.89 Å². The Morgan fingerprint density at radius 2 is 1.94 bits per heavy atom. The van der Waals surface area contributed by atoms with E-state index in [1.165, 1.54) is 0 Å². The molecule has 16 heavy (non-hydrogen) atoms. The van der Waals surface area contributed by atoms with Gasteiger partial charge in [0.1, 0.15) is 10.9 Å². The zero-order valence-electron chi connectivity index (χ0n) is 9.49. The normalized spacial score (nSPS) is 25.8. The summed E-state index contributed by atoms with van der Waals surface area (Å²) in [6, 6.07) is -0.676. The Kier molecular flexibility index (Phi) is 3.47.